The van der Waals surface area contributed by atoms with Crippen molar-refractivity contribution < 1.29 is 18.3 Å². The third-order valence-corrected chi connectivity index (χ3v) is 5.04. The van der Waals surface area contributed by atoms with Crippen LogP contribution >= 0.6 is 0 Å². The van der Waals surface area contributed by atoms with Gasteiger partial charge in [-0.1, -0.05) is 43.2 Å². The van der Waals surface area contributed by atoms with E-state index in [0.29, 0.717) is 19.5 Å². The van der Waals surface area contributed by atoms with Crippen LogP contribution in [0.25, 0.3) is 0 Å². The number of sulfonamides is 1. The number of hydrogen-bond acceptors (Lipinski definition) is 3. The molecule has 0 unspecified atom stereocenters. The standard InChI is InChI=1S/C17H27NO4S/c1-23(21,22)18(14-8-3-2-7-13-17(19)20)15-9-12-16-10-5-4-6-11-16/h4-6,10-11H,2-3,7-9,12-15H2,1H3,(H,19,20). The first-order chi connectivity index (χ1) is 10.9. The number of carbonyl (C=O) groups is 1. The van der Waals surface area contributed by atoms with E-state index in [1.807, 2.05) is 30.3 Å². The highest BCUT2D eigenvalue weighted by Crippen LogP contribution is 2.09. The number of carboxylic acid groups (broad SMARTS) is 1. The lowest BCUT2D eigenvalue weighted by atomic mass is 10.1. The van der Waals surface area contributed by atoms with Crippen LogP contribution in [-0.2, 0) is 21.2 Å². The summed E-state index contributed by atoms with van der Waals surface area (Å²) >= 11 is 0. The van der Waals surface area contributed by atoms with Crippen molar-refractivity contribution in [1.29, 1.82) is 0 Å². The van der Waals surface area contributed by atoms with Crippen molar-refractivity contribution in [1.82, 2.24) is 4.31 Å². The molecule has 0 fully saturated rings. The molecule has 0 saturated carbocycles. The second-order valence-electron chi connectivity index (χ2n) is 5.81. The molecule has 0 aliphatic rings. The lowest BCUT2D eigenvalue weighted by molar-refractivity contribution is -0.137. The first-order valence-corrected chi connectivity index (χ1v) is 9.95. The molecule has 130 valence electrons. The van der Waals surface area contributed by atoms with Crippen LogP contribution in [0.3, 0.4) is 0 Å². The van der Waals surface area contributed by atoms with Crippen molar-refractivity contribution in [3.05, 3.63) is 35.9 Å². The minimum absolute atomic E-state index is 0.187. The van der Waals surface area contributed by atoms with Gasteiger partial charge in [0.1, 0.15) is 0 Å². The quantitative estimate of drug-likeness (QED) is 0.593. The van der Waals surface area contributed by atoms with E-state index < -0.39 is 16.0 Å². The summed E-state index contributed by atoms with van der Waals surface area (Å²) in [6.07, 6.45) is 6.22. The Balaban J connectivity index is 2.29. The van der Waals surface area contributed by atoms with Crippen LogP contribution < -0.4 is 0 Å². The summed E-state index contributed by atoms with van der Waals surface area (Å²) in [5.74, 6) is -0.774. The second kappa shape index (κ2) is 10.4. The van der Waals surface area contributed by atoms with Gasteiger partial charge in [0.05, 0.1) is 6.26 Å². The van der Waals surface area contributed by atoms with Crippen LogP contribution in [0.4, 0.5) is 0 Å². The van der Waals surface area contributed by atoms with Gasteiger partial charge in [0, 0.05) is 19.5 Å². The Bertz CT molecular complexity index is 557. The van der Waals surface area contributed by atoms with Gasteiger partial charge < -0.3 is 5.11 Å². The van der Waals surface area contributed by atoms with Gasteiger partial charge in [-0.05, 0) is 31.2 Å². The fraction of sp³-hybridized carbons (Fsp3) is 0.588. The molecule has 0 aliphatic carbocycles. The lowest BCUT2D eigenvalue weighted by Crippen LogP contribution is -2.32. The van der Waals surface area contributed by atoms with E-state index >= 15 is 0 Å². The molecular formula is C17H27NO4S. The molecule has 1 aromatic carbocycles. The van der Waals surface area contributed by atoms with Gasteiger partial charge in [0.2, 0.25) is 10.0 Å². The van der Waals surface area contributed by atoms with Crippen molar-refractivity contribution in [2.24, 2.45) is 0 Å². The number of nitrogens with zero attached hydrogens (tertiary/aromatic N) is 1. The monoisotopic (exact) mass is 341 g/mol. The average molecular weight is 341 g/mol. The highest BCUT2D eigenvalue weighted by Gasteiger charge is 2.15. The molecule has 0 saturated heterocycles. The van der Waals surface area contributed by atoms with E-state index in [2.05, 4.69) is 0 Å². The predicted octanol–water partition coefficient (Wildman–Crippen LogP) is 2.92. The van der Waals surface area contributed by atoms with Gasteiger partial charge in [-0.15, -0.1) is 0 Å². The van der Waals surface area contributed by atoms with Crippen LogP contribution in [0, 0.1) is 0 Å². The molecule has 1 N–H and O–H groups in total. The Morgan fingerprint density at radius 1 is 1.00 bits per heavy atom. The van der Waals surface area contributed by atoms with Crippen molar-refractivity contribution in [2.45, 2.75) is 44.9 Å². The molecule has 6 heteroatoms. The molecule has 23 heavy (non-hydrogen) atoms. The van der Waals surface area contributed by atoms with Crippen molar-refractivity contribution in [3.63, 3.8) is 0 Å². The first kappa shape index (κ1) is 19.6. The van der Waals surface area contributed by atoms with E-state index in [1.165, 1.54) is 16.1 Å². The number of aryl methyl sites for hydroxylation is 1. The predicted molar refractivity (Wildman–Crippen MR) is 91.9 cm³/mol. The zero-order valence-electron chi connectivity index (χ0n) is 13.8. The van der Waals surface area contributed by atoms with Crippen LogP contribution in [0.5, 0.6) is 0 Å². The third kappa shape index (κ3) is 9.36. The third-order valence-electron chi connectivity index (χ3n) is 3.73. The number of rotatable bonds is 12. The summed E-state index contributed by atoms with van der Waals surface area (Å²) < 4.78 is 25.2. The molecule has 0 spiro atoms. The highest BCUT2D eigenvalue weighted by atomic mass is 32.2. The zero-order chi connectivity index (χ0) is 17.1. The maximum atomic E-state index is 11.8. The van der Waals surface area contributed by atoms with E-state index in [9.17, 15) is 13.2 Å². The topological polar surface area (TPSA) is 74.7 Å². The second-order valence-corrected chi connectivity index (χ2v) is 7.79. The maximum absolute atomic E-state index is 11.8. The largest absolute Gasteiger partial charge is 0.481 e. The van der Waals surface area contributed by atoms with E-state index in [4.69, 9.17) is 5.11 Å². The lowest BCUT2D eigenvalue weighted by Gasteiger charge is -2.19. The highest BCUT2D eigenvalue weighted by molar-refractivity contribution is 7.88. The minimum Gasteiger partial charge on any atom is -0.481 e. The molecule has 0 aliphatic heterocycles. The van der Waals surface area contributed by atoms with Crippen LogP contribution in [0.1, 0.15) is 44.1 Å². The van der Waals surface area contributed by atoms with E-state index in [1.54, 1.807) is 0 Å². The molecule has 5 nitrogen and oxygen atoms in total. The normalized spacial score (nSPS) is 11.7. The molecule has 1 aromatic rings. The van der Waals surface area contributed by atoms with Crippen molar-refractivity contribution in [2.75, 3.05) is 19.3 Å². The SMILES string of the molecule is CS(=O)(=O)N(CCCCCCC(=O)O)CCCc1ccccc1. The van der Waals surface area contributed by atoms with Gasteiger partial charge in [0.25, 0.3) is 0 Å². The number of benzene rings is 1. The summed E-state index contributed by atoms with van der Waals surface area (Å²) in [5, 5.41) is 8.57. The molecule has 0 bridgehead atoms. The van der Waals surface area contributed by atoms with Gasteiger partial charge in [0.15, 0.2) is 0 Å². The number of aliphatic carboxylic acids is 1. The molecule has 0 aromatic heterocycles. The van der Waals surface area contributed by atoms with E-state index in [0.717, 1.165) is 32.1 Å². The number of carboxylic acids is 1. The molecule has 0 radical (unpaired) electrons. The van der Waals surface area contributed by atoms with Crippen LogP contribution in [-0.4, -0.2) is 43.1 Å². The smallest absolute Gasteiger partial charge is 0.303 e. The Hall–Kier alpha value is -1.40. The van der Waals surface area contributed by atoms with E-state index in [-0.39, 0.29) is 6.42 Å². The van der Waals surface area contributed by atoms with Crippen LogP contribution in [0.2, 0.25) is 0 Å². The van der Waals surface area contributed by atoms with Gasteiger partial charge >= 0.3 is 5.97 Å². The first-order valence-electron chi connectivity index (χ1n) is 8.10. The van der Waals surface area contributed by atoms with Gasteiger partial charge in [-0.2, -0.15) is 0 Å². The molecular weight excluding hydrogens is 314 g/mol. The van der Waals surface area contributed by atoms with Crippen molar-refractivity contribution >= 4 is 16.0 Å². The summed E-state index contributed by atoms with van der Waals surface area (Å²) in [4.78, 5) is 10.4. The summed E-state index contributed by atoms with van der Waals surface area (Å²) in [6, 6.07) is 10.0. The Morgan fingerprint density at radius 3 is 2.22 bits per heavy atom. The Labute approximate surface area is 139 Å². The molecule has 0 heterocycles. The molecule has 0 amide bonds. The summed E-state index contributed by atoms with van der Waals surface area (Å²) in [5.41, 5.74) is 1.22. The van der Waals surface area contributed by atoms with Crippen LogP contribution in [0.15, 0.2) is 30.3 Å². The van der Waals surface area contributed by atoms with Gasteiger partial charge in [-0.25, -0.2) is 12.7 Å². The molecule has 1 rings (SSSR count). The maximum Gasteiger partial charge on any atom is 0.303 e. The average Bonchev–Trinajstić information content (AvgIpc) is 2.48. The summed E-state index contributed by atoms with van der Waals surface area (Å²) in [7, 11) is -3.19. The fourth-order valence-corrected chi connectivity index (χ4v) is 3.39. The number of unbranched alkanes of at least 4 members (excludes halogenated alkanes) is 3. The fourth-order valence-electron chi connectivity index (χ4n) is 2.47. The number of hydrogen-bond donors (Lipinski definition) is 1. The van der Waals surface area contributed by atoms with Crippen molar-refractivity contribution in [3.8, 4) is 0 Å². The van der Waals surface area contributed by atoms with Gasteiger partial charge in [-0.3, -0.25) is 4.79 Å². The Kier molecular flexibility index (Phi) is 8.87. The summed E-state index contributed by atoms with van der Waals surface area (Å²) in [6.45, 7) is 1.05. The Morgan fingerprint density at radius 2 is 1.61 bits per heavy atom. The molecule has 0 atom stereocenters. The zero-order valence-corrected chi connectivity index (χ0v) is 14.6. The minimum atomic E-state index is -3.19.